The van der Waals surface area contributed by atoms with Crippen molar-refractivity contribution in [2.75, 3.05) is 6.61 Å². The first-order chi connectivity index (χ1) is 10.5. The van der Waals surface area contributed by atoms with Crippen molar-refractivity contribution in [3.63, 3.8) is 0 Å². The Bertz CT molecular complexity index is 628. The van der Waals surface area contributed by atoms with Crippen LogP contribution in [0.15, 0.2) is 30.6 Å². The molecule has 118 valence electrons. The van der Waals surface area contributed by atoms with Crippen LogP contribution in [0.5, 0.6) is 5.88 Å². The Morgan fingerprint density at radius 2 is 1.91 bits per heavy atom. The van der Waals surface area contributed by atoms with E-state index in [-0.39, 0.29) is 0 Å². The van der Waals surface area contributed by atoms with Gasteiger partial charge in [0.05, 0.1) is 6.61 Å². The van der Waals surface area contributed by atoms with Crippen LogP contribution in [0.3, 0.4) is 0 Å². The summed E-state index contributed by atoms with van der Waals surface area (Å²) < 4.78 is 19.0. The maximum Gasteiger partial charge on any atom is 0.216 e. The highest BCUT2D eigenvalue weighted by atomic mass is 19.1. The second kappa shape index (κ2) is 7.34. The summed E-state index contributed by atoms with van der Waals surface area (Å²) in [6, 6.07) is 5.14. The van der Waals surface area contributed by atoms with E-state index in [4.69, 9.17) is 4.74 Å². The normalized spacial score (nSPS) is 12.5. The highest BCUT2D eigenvalue weighted by Crippen LogP contribution is 2.24. The maximum absolute atomic E-state index is 13.2. The number of nitrogens with zero attached hydrogens (tertiary/aromatic N) is 2. The summed E-state index contributed by atoms with van der Waals surface area (Å²) in [5.74, 6) is 1.32. The van der Waals surface area contributed by atoms with Gasteiger partial charge in [0, 0.05) is 29.6 Å². The van der Waals surface area contributed by atoms with Crippen molar-refractivity contribution in [1.82, 2.24) is 9.97 Å². The Balaban J connectivity index is 2.07. The SMILES string of the molecule is Cc1cc(-c2ccnc(F)c2)cnc1OC[C@@H](C)CC(C)C. The van der Waals surface area contributed by atoms with E-state index in [9.17, 15) is 4.39 Å². The van der Waals surface area contributed by atoms with Gasteiger partial charge in [-0.3, -0.25) is 0 Å². The molecule has 1 atom stereocenters. The van der Waals surface area contributed by atoms with Gasteiger partial charge in [-0.1, -0.05) is 20.8 Å². The fourth-order valence-corrected chi connectivity index (χ4v) is 2.55. The Morgan fingerprint density at radius 1 is 1.14 bits per heavy atom. The van der Waals surface area contributed by atoms with Gasteiger partial charge in [0.15, 0.2) is 0 Å². The number of hydrogen-bond acceptors (Lipinski definition) is 3. The van der Waals surface area contributed by atoms with E-state index in [2.05, 4.69) is 30.7 Å². The number of ether oxygens (including phenoxy) is 1. The lowest BCUT2D eigenvalue weighted by Gasteiger charge is -2.16. The molecule has 0 aromatic carbocycles. The van der Waals surface area contributed by atoms with Gasteiger partial charge >= 0.3 is 0 Å². The number of hydrogen-bond donors (Lipinski definition) is 0. The van der Waals surface area contributed by atoms with Gasteiger partial charge in [0.25, 0.3) is 0 Å². The van der Waals surface area contributed by atoms with Crippen molar-refractivity contribution >= 4 is 0 Å². The van der Waals surface area contributed by atoms with Crippen LogP contribution in [0.1, 0.15) is 32.8 Å². The van der Waals surface area contributed by atoms with Crippen LogP contribution in [0.2, 0.25) is 0 Å². The third-order valence-electron chi connectivity index (χ3n) is 3.47. The molecular weight excluding hydrogens is 279 g/mol. The van der Waals surface area contributed by atoms with Crippen molar-refractivity contribution in [1.29, 1.82) is 0 Å². The molecule has 0 radical (unpaired) electrons. The quantitative estimate of drug-likeness (QED) is 0.728. The molecule has 0 bridgehead atoms. The Hall–Kier alpha value is -1.97. The molecule has 0 saturated heterocycles. The average molecular weight is 302 g/mol. The van der Waals surface area contributed by atoms with Gasteiger partial charge in [-0.05, 0) is 42.9 Å². The molecule has 2 aromatic heterocycles. The van der Waals surface area contributed by atoms with Crippen molar-refractivity contribution in [2.24, 2.45) is 11.8 Å². The highest BCUT2D eigenvalue weighted by molar-refractivity contribution is 5.63. The minimum Gasteiger partial charge on any atom is -0.477 e. The summed E-state index contributed by atoms with van der Waals surface area (Å²) in [5, 5.41) is 0. The molecule has 0 N–H and O–H groups in total. The zero-order valence-corrected chi connectivity index (χ0v) is 13.6. The second-order valence-electron chi connectivity index (χ2n) is 6.26. The van der Waals surface area contributed by atoms with Crippen LogP contribution in [-0.2, 0) is 0 Å². The number of rotatable bonds is 6. The number of pyridine rings is 2. The van der Waals surface area contributed by atoms with E-state index >= 15 is 0 Å². The first kappa shape index (κ1) is 16.4. The fourth-order valence-electron chi connectivity index (χ4n) is 2.55. The highest BCUT2D eigenvalue weighted by Gasteiger charge is 2.09. The van der Waals surface area contributed by atoms with Crippen LogP contribution in [0.4, 0.5) is 4.39 Å². The lowest BCUT2D eigenvalue weighted by atomic mass is 10.00. The molecule has 0 spiro atoms. The van der Waals surface area contributed by atoms with E-state index in [0.29, 0.717) is 24.3 Å². The van der Waals surface area contributed by atoms with E-state index in [1.807, 2.05) is 13.0 Å². The smallest absolute Gasteiger partial charge is 0.216 e. The van der Waals surface area contributed by atoms with E-state index in [1.54, 1.807) is 12.3 Å². The van der Waals surface area contributed by atoms with Gasteiger partial charge < -0.3 is 4.74 Å². The minimum absolute atomic E-state index is 0.488. The summed E-state index contributed by atoms with van der Waals surface area (Å²) >= 11 is 0. The number of aromatic nitrogens is 2. The molecule has 0 aliphatic heterocycles. The summed E-state index contributed by atoms with van der Waals surface area (Å²) in [5.41, 5.74) is 2.58. The minimum atomic E-state index is -0.488. The largest absolute Gasteiger partial charge is 0.477 e. The van der Waals surface area contributed by atoms with Crippen molar-refractivity contribution in [3.05, 3.63) is 42.1 Å². The molecular formula is C18H23FN2O. The van der Waals surface area contributed by atoms with Crippen molar-refractivity contribution in [3.8, 4) is 17.0 Å². The lowest BCUT2D eigenvalue weighted by Crippen LogP contribution is -2.12. The van der Waals surface area contributed by atoms with Crippen LogP contribution < -0.4 is 4.74 Å². The first-order valence-electron chi connectivity index (χ1n) is 7.67. The lowest BCUT2D eigenvalue weighted by molar-refractivity contribution is 0.230. The standard InChI is InChI=1S/C18H23FN2O/c1-12(2)7-13(3)11-22-18-14(4)8-16(10-21-18)15-5-6-20-17(19)9-15/h5-6,8-10,12-13H,7,11H2,1-4H3/t13-/m0/s1. The number of halogens is 1. The van der Waals surface area contributed by atoms with Crippen LogP contribution in [0.25, 0.3) is 11.1 Å². The predicted molar refractivity (Wildman–Crippen MR) is 86.3 cm³/mol. The molecule has 0 unspecified atom stereocenters. The van der Waals surface area contributed by atoms with E-state index < -0.39 is 5.95 Å². The Kier molecular flexibility index (Phi) is 5.47. The Morgan fingerprint density at radius 3 is 2.55 bits per heavy atom. The second-order valence-corrected chi connectivity index (χ2v) is 6.26. The molecule has 0 amide bonds. The topological polar surface area (TPSA) is 35.0 Å². The zero-order chi connectivity index (χ0) is 16.1. The fraction of sp³-hybridized carbons (Fsp3) is 0.444. The van der Waals surface area contributed by atoms with Gasteiger partial charge in [-0.2, -0.15) is 4.39 Å². The van der Waals surface area contributed by atoms with Crippen LogP contribution in [0, 0.1) is 24.7 Å². The van der Waals surface area contributed by atoms with Gasteiger partial charge in [-0.15, -0.1) is 0 Å². The third-order valence-corrected chi connectivity index (χ3v) is 3.47. The average Bonchev–Trinajstić information content (AvgIpc) is 2.45. The third kappa shape index (κ3) is 4.52. The Labute approximate surface area is 131 Å². The molecule has 2 heterocycles. The molecule has 2 aromatic rings. The zero-order valence-electron chi connectivity index (χ0n) is 13.6. The van der Waals surface area contributed by atoms with Crippen LogP contribution >= 0.6 is 0 Å². The van der Waals surface area contributed by atoms with E-state index in [0.717, 1.165) is 23.1 Å². The molecule has 4 heteroatoms. The summed E-state index contributed by atoms with van der Waals surface area (Å²) in [4.78, 5) is 7.94. The molecule has 0 fully saturated rings. The summed E-state index contributed by atoms with van der Waals surface area (Å²) in [6.07, 6.45) is 4.30. The van der Waals surface area contributed by atoms with Gasteiger partial charge in [-0.25, -0.2) is 9.97 Å². The van der Waals surface area contributed by atoms with Crippen molar-refractivity contribution in [2.45, 2.75) is 34.1 Å². The molecule has 22 heavy (non-hydrogen) atoms. The molecule has 3 nitrogen and oxygen atoms in total. The summed E-state index contributed by atoms with van der Waals surface area (Å²) in [7, 11) is 0. The van der Waals surface area contributed by atoms with E-state index in [1.165, 1.54) is 12.3 Å². The molecule has 0 aliphatic rings. The van der Waals surface area contributed by atoms with Gasteiger partial charge in [0.2, 0.25) is 11.8 Å². The summed E-state index contributed by atoms with van der Waals surface area (Å²) in [6.45, 7) is 9.22. The van der Waals surface area contributed by atoms with Gasteiger partial charge in [0.1, 0.15) is 0 Å². The molecule has 0 aliphatic carbocycles. The van der Waals surface area contributed by atoms with Crippen LogP contribution in [-0.4, -0.2) is 16.6 Å². The molecule has 2 rings (SSSR count). The molecule has 0 saturated carbocycles. The monoisotopic (exact) mass is 302 g/mol. The number of aryl methyl sites for hydroxylation is 1. The first-order valence-corrected chi connectivity index (χ1v) is 7.67. The maximum atomic E-state index is 13.2. The van der Waals surface area contributed by atoms with Crippen molar-refractivity contribution < 1.29 is 9.13 Å². The predicted octanol–water partition coefficient (Wildman–Crippen LogP) is 4.65.